The number of hydrogen-bond donors (Lipinski definition) is 1. The van der Waals surface area contributed by atoms with E-state index < -0.39 is 0 Å². The van der Waals surface area contributed by atoms with Crippen molar-refractivity contribution >= 4 is 0 Å². The van der Waals surface area contributed by atoms with Gasteiger partial charge in [0.25, 0.3) is 0 Å². The highest BCUT2D eigenvalue weighted by Gasteiger charge is 2.33. The molecule has 0 amide bonds. The molecule has 0 spiro atoms. The van der Waals surface area contributed by atoms with Gasteiger partial charge in [0.2, 0.25) is 0 Å². The van der Waals surface area contributed by atoms with Gasteiger partial charge in [-0.15, -0.1) is 0 Å². The van der Waals surface area contributed by atoms with E-state index >= 15 is 0 Å². The van der Waals surface area contributed by atoms with Crippen LogP contribution in [0.15, 0.2) is 0 Å². The second kappa shape index (κ2) is 6.38. The van der Waals surface area contributed by atoms with E-state index in [0.29, 0.717) is 6.04 Å². The molecule has 1 aliphatic heterocycles. The van der Waals surface area contributed by atoms with Gasteiger partial charge in [0.1, 0.15) is 0 Å². The van der Waals surface area contributed by atoms with Gasteiger partial charge in [-0.2, -0.15) is 0 Å². The number of piperidine rings is 1. The number of nitrogens with zero attached hydrogens (tertiary/aromatic N) is 1. The largest absolute Gasteiger partial charge is 0.393 e. The summed E-state index contributed by atoms with van der Waals surface area (Å²) in [6, 6.07) is 1.43. The Morgan fingerprint density at radius 3 is 2.56 bits per heavy atom. The van der Waals surface area contributed by atoms with Crippen molar-refractivity contribution in [3.63, 3.8) is 0 Å². The molecule has 106 valence electrons. The molecule has 5 atom stereocenters. The SMILES string of the molecule is CC(O)CC1CCCCN1C1CCC(C)C(C)C1. The summed E-state index contributed by atoms with van der Waals surface area (Å²) in [7, 11) is 0. The minimum Gasteiger partial charge on any atom is -0.393 e. The fourth-order valence-electron chi connectivity index (χ4n) is 3.97. The molecule has 0 aromatic carbocycles. The van der Waals surface area contributed by atoms with Crippen LogP contribution in [-0.2, 0) is 0 Å². The number of likely N-dealkylation sites (tertiary alicyclic amines) is 1. The molecule has 2 nitrogen and oxygen atoms in total. The fraction of sp³-hybridized carbons (Fsp3) is 1.00. The molecular formula is C16H31NO. The summed E-state index contributed by atoms with van der Waals surface area (Å²) < 4.78 is 0. The number of aliphatic hydroxyl groups is 1. The molecule has 0 aromatic heterocycles. The lowest BCUT2D eigenvalue weighted by Gasteiger charge is -2.45. The topological polar surface area (TPSA) is 23.5 Å². The van der Waals surface area contributed by atoms with Crippen LogP contribution >= 0.6 is 0 Å². The van der Waals surface area contributed by atoms with E-state index in [9.17, 15) is 5.11 Å². The maximum atomic E-state index is 9.69. The molecule has 1 N–H and O–H groups in total. The van der Waals surface area contributed by atoms with Crippen molar-refractivity contribution in [1.82, 2.24) is 4.90 Å². The van der Waals surface area contributed by atoms with Crippen LogP contribution in [-0.4, -0.2) is 34.7 Å². The smallest absolute Gasteiger partial charge is 0.0527 e. The van der Waals surface area contributed by atoms with Crippen molar-refractivity contribution in [2.75, 3.05) is 6.54 Å². The third-order valence-corrected chi connectivity index (χ3v) is 5.33. The molecule has 2 fully saturated rings. The van der Waals surface area contributed by atoms with E-state index in [1.807, 2.05) is 6.92 Å². The van der Waals surface area contributed by atoms with Gasteiger partial charge >= 0.3 is 0 Å². The van der Waals surface area contributed by atoms with Crippen molar-refractivity contribution in [3.05, 3.63) is 0 Å². The molecule has 2 rings (SSSR count). The van der Waals surface area contributed by atoms with Crippen LogP contribution in [0.25, 0.3) is 0 Å². The first-order valence-electron chi connectivity index (χ1n) is 8.01. The van der Waals surface area contributed by atoms with Crippen molar-refractivity contribution < 1.29 is 5.11 Å². The van der Waals surface area contributed by atoms with Gasteiger partial charge in [0.05, 0.1) is 6.10 Å². The average molecular weight is 253 g/mol. The van der Waals surface area contributed by atoms with Gasteiger partial charge in [-0.25, -0.2) is 0 Å². The first kappa shape index (κ1) is 14.3. The Bertz CT molecular complexity index is 253. The summed E-state index contributed by atoms with van der Waals surface area (Å²) in [5.74, 6) is 1.78. The number of rotatable bonds is 3. The number of hydrogen-bond acceptors (Lipinski definition) is 2. The van der Waals surface area contributed by atoms with Gasteiger partial charge in [0, 0.05) is 12.1 Å². The molecule has 2 aliphatic rings. The molecule has 1 saturated carbocycles. The fourth-order valence-corrected chi connectivity index (χ4v) is 3.97. The highest BCUT2D eigenvalue weighted by atomic mass is 16.3. The highest BCUT2D eigenvalue weighted by molar-refractivity contribution is 4.88. The number of aliphatic hydroxyl groups excluding tert-OH is 1. The van der Waals surface area contributed by atoms with Gasteiger partial charge in [-0.3, -0.25) is 4.90 Å². The zero-order valence-corrected chi connectivity index (χ0v) is 12.4. The summed E-state index contributed by atoms with van der Waals surface area (Å²) in [6.07, 6.45) is 8.98. The van der Waals surface area contributed by atoms with E-state index in [0.717, 1.165) is 24.3 Å². The zero-order valence-electron chi connectivity index (χ0n) is 12.4. The minimum atomic E-state index is -0.143. The summed E-state index contributed by atoms with van der Waals surface area (Å²) in [4.78, 5) is 2.75. The zero-order chi connectivity index (χ0) is 13.1. The van der Waals surface area contributed by atoms with Crippen molar-refractivity contribution in [2.24, 2.45) is 11.8 Å². The van der Waals surface area contributed by atoms with Gasteiger partial charge < -0.3 is 5.11 Å². The summed E-state index contributed by atoms with van der Waals surface area (Å²) in [6.45, 7) is 8.04. The molecule has 1 saturated heterocycles. The lowest BCUT2D eigenvalue weighted by Crippen LogP contribution is -2.49. The monoisotopic (exact) mass is 253 g/mol. The van der Waals surface area contributed by atoms with Crippen LogP contribution in [0.2, 0.25) is 0 Å². The maximum absolute atomic E-state index is 9.69. The van der Waals surface area contributed by atoms with Crippen LogP contribution in [0.5, 0.6) is 0 Å². The third kappa shape index (κ3) is 3.48. The van der Waals surface area contributed by atoms with E-state index in [1.54, 1.807) is 0 Å². The quantitative estimate of drug-likeness (QED) is 0.833. The van der Waals surface area contributed by atoms with Gasteiger partial charge in [0.15, 0.2) is 0 Å². The van der Waals surface area contributed by atoms with Crippen LogP contribution in [0.4, 0.5) is 0 Å². The molecule has 0 bridgehead atoms. The molecular weight excluding hydrogens is 222 g/mol. The highest BCUT2D eigenvalue weighted by Crippen LogP contribution is 2.35. The van der Waals surface area contributed by atoms with Gasteiger partial charge in [-0.05, 0) is 63.8 Å². The lowest BCUT2D eigenvalue weighted by atomic mass is 9.77. The molecule has 0 radical (unpaired) electrons. The van der Waals surface area contributed by atoms with Crippen molar-refractivity contribution in [1.29, 1.82) is 0 Å². The van der Waals surface area contributed by atoms with E-state index in [4.69, 9.17) is 0 Å². The first-order valence-corrected chi connectivity index (χ1v) is 8.01. The Labute approximate surface area is 113 Å². The van der Waals surface area contributed by atoms with E-state index in [-0.39, 0.29) is 6.10 Å². The average Bonchev–Trinajstić information content (AvgIpc) is 2.33. The van der Waals surface area contributed by atoms with Crippen LogP contribution in [0.1, 0.15) is 65.7 Å². The lowest BCUT2D eigenvalue weighted by molar-refractivity contribution is 0.0243. The molecule has 18 heavy (non-hydrogen) atoms. The Hall–Kier alpha value is -0.0800. The normalized spacial score (nSPS) is 40.7. The molecule has 1 aliphatic carbocycles. The minimum absolute atomic E-state index is 0.143. The molecule has 1 heterocycles. The summed E-state index contributed by atoms with van der Waals surface area (Å²) >= 11 is 0. The third-order valence-electron chi connectivity index (χ3n) is 5.33. The standard InChI is InChI=1S/C16H31NO/c1-12-7-8-16(10-13(12)2)17-9-5-4-6-15(17)11-14(3)18/h12-16,18H,4-11H2,1-3H3. The Balaban J connectivity index is 1.95. The van der Waals surface area contributed by atoms with E-state index in [1.165, 1.54) is 45.1 Å². The van der Waals surface area contributed by atoms with E-state index in [2.05, 4.69) is 18.7 Å². The Morgan fingerprint density at radius 2 is 1.89 bits per heavy atom. The molecule has 0 aromatic rings. The second-order valence-electron chi connectivity index (χ2n) is 6.89. The van der Waals surface area contributed by atoms with Crippen molar-refractivity contribution in [3.8, 4) is 0 Å². The predicted molar refractivity (Wildman–Crippen MR) is 76.6 cm³/mol. The first-order chi connectivity index (χ1) is 8.58. The van der Waals surface area contributed by atoms with Crippen LogP contribution in [0, 0.1) is 11.8 Å². The summed E-state index contributed by atoms with van der Waals surface area (Å²) in [5, 5.41) is 9.69. The van der Waals surface area contributed by atoms with Crippen molar-refractivity contribution in [2.45, 2.75) is 83.9 Å². The predicted octanol–water partition coefficient (Wildman–Crippen LogP) is 3.44. The Kier molecular flexibility index (Phi) is 5.08. The Morgan fingerprint density at radius 1 is 1.11 bits per heavy atom. The molecule has 2 heteroatoms. The summed E-state index contributed by atoms with van der Waals surface area (Å²) in [5.41, 5.74) is 0. The van der Waals surface area contributed by atoms with Gasteiger partial charge in [-0.1, -0.05) is 20.3 Å². The maximum Gasteiger partial charge on any atom is 0.0527 e. The van der Waals surface area contributed by atoms with Crippen LogP contribution in [0.3, 0.4) is 0 Å². The second-order valence-corrected chi connectivity index (χ2v) is 6.89. The van der Waals surface area contributed by atoms with Crippen LogP contribution < -0.4 is 0 Å². The molecule has 5 unspecified atom stereocenters.